The van der Waals surface area contributed by atoms with Crippen LogP contribution < -0.4 is 10.4 Å². The number of hydrogen-bond donors (Lipinski definition) is 1. The quantitative estimate of drug-likeness (QED) is 0.809. The van der Waals surface area contributed by atoms with Crippen LogP contribution in [0.4, 0.5) is 5.69 Å². The van der Waals surface area contributed by atoms with E-state index in [4.69, 9.17) is 0 Å². The Hall–Kier alpha value is -1.84. The Labute approximate surface area is 101 Å². The average Bonchev–Trinajstić information content (AvgIpc) is 2.63. The van der Waals surface area contributed by atoms with E-state index in [1.165, 1.54) is 5.01 Å². The summed E-state index contributed by atoms with van der Waals surface area (Å²) in [5.41, 5.74) is 2.47. The molecule has 1 aromatic carbocycles. The summed E-state index contributed by atoms with van der Waals surface area (Å²) in [4.78, 5) is 24.3. The van der Waals surface area contributed by atoms with E-state index in [1.807, 2.05) is 32.0 Å². The molecule has 1 heterocycles. The zero-order valence-corrected chi connectivity index (χ0v) is 10.1. The lowest BCUT2D eigenvalue weighted by atomic mass is 9.82. The lowest BCUT2D eigenvalue weighted by Gasteiger charge is -2.20. The molecule has 4 nitrogen and oxygen atoms in total. The number of amides is 2. The number of para-hydroxylation sites is 1. The lowest BCUT2D eigenvalue weighted by molar-refractivity contribution is -0.135. The Morgan fingerprint density at radius 3 is 2.18 bits per heavy atom. The highest BCUT2D eigenvalue weighted by molar-refractivity contribution is 6.17. The maximum Gasteiger partial charge on any atom is 0.261 e. The number of benzene rings is 1. The van der Waals surface area contributed by atoms with E-state index in [1.54, 1.807) is 12.1 Å². The highest BCUT2D eigenvalue weighted by Gasteiger charge is 2.52. The molecule has 1 N–H and O–H groups in total. The van der Waals surface area contributed by atoms with Gasteiger partial charge in [0.2, 0.25) is 0 Å². The van der Waals surface area contributed by atoms with Gasteiger partial charge in [0.05, 0.1) is 5.69 Å². The summed E-state index contributed by atoms with van der Waals surface area (Å²) in [7, 11) is 0. The number of carbonyl (C=O) groups excluding carboxylic acids is 2. The third kappa shape index (κ3) is 1.60. The maximum absolute atomic E-state index is 12.3. The van der Waals surface area contributed by atoms with E-state index in [-0.39, 0.29) is 11.8 Å². The van der Waals surface area contributed by atoms with Gasteiger partial charge in [-0.1, -0.05) is 32.0 Å². The number of nitrogens with one attached hydrogen (secondary N) is 1. The summed E-state index contributed by atoms with van der Waals surface area (Å²) >= 11 is 0. The summed E-state index contributed by atoms with van der Waals surface area (Å²) in [5, 5.41) is 1.36. The second-order valence-corrected chi connectivity index (χ2v) is 4.21. The highest BCUT2D eigenvalue weighted by Crippen LogP contribution is 2.35. The number of nitrogens with zero attached hydrogens (tertiary/aromatic N) is 1. The molecule has 2 amide bonds. The Kier molecular flexibility index (Phi) is 2.88. The van der Waals surface area contributed by atoms with Gasteiger partial charge in [-0.25, -0.2) is 5.01 Å². The number of rotatable bonds is 3. The molecule has 1 saturated heterocycles. The molecule has 0 atom stereocenters. The van der Waals surface area contributed by atoms with Crippen LogP contribution in [-0.2, 0) is 9.59 Å². The molecule has 0 aliphatic carbocycles. The van der Waals surface area contributed by atoms with Crippen LogP contribution in [0.1, 0.15) is 26.7 Å². The summed E-state index contributed by atoms with van der Waals surface area (Å²) < 4.78 is 0. The minimum Gasteiger partial charge on any atom is -0.272 e. The van der Waals surface area contributed by atoms with Gasteiger partial charge in [0, 0.05) is 0 Å². The Balaban J connectivity index is 2.37. The maximum atomic E-state index is 12.3. The zero-order valence-electron chi connectivity index (χ0n) is 10.1. The van der Waals surface area contributed by atoms with E-state index in [9.17, 15) is 9.59 Å². The molecule has 0 unspecified atom stereocenters. The van der Waals surface area contributed by atoms with Crippen LogP contribution in [0.15, 0.2) is 30.3 Å². The predicted molar refractivity (Wildman–Crippen MR) is 65.1 cm³/mol. The number of carbonyl (C=O) groups is 2. The zero-order chi connectivity index (χ0) is 12.5. The highest BCUT2D eigenvalue weighted by atomic mass is 16.2. The Morgan fingerprint density at radius 2 is 1.71 bits per heavy atom. The van der Waals surface area contributed by atoms with Crippen molar-refractivity contribution in [3.63, 3.8) is 0 Å². The molecule has 2 rings (SSSR count). The molecule has 0 radical (unpaired) electrons. The normalized spacial score (nSPS) is 18.4. The molecule has 0 spiro atoms. The van der Waals surface area contributed by atoms with Gasteiger partial charge in [-0.2, -0.15) is 0 Å². The average molecular weight is 232 g/mol. The molecule has 90 valence electrons. The van der Waals surface area contributed by atoms with Gasteiger partial charge in [-0.3, -0.25) is 15.0 Å². The fourth-order valence-corrected chi connectivity index (χ4v) is 2.20. The monoisotopic (exact) mass is 232 g/mol. The van der Waals surface area contributed by atoms with Crippen LogP contribution in [0, 0.1) is 5.41 Å². The summed E-state index contributed by atoms with van der Waals surface area (Å²) in [6.45, 7) is 3.74. The SMILES string of the molecule is CCC1(CC)C(=O)NN(c2ccccc2)C1=O. The molecule has 0 bridgehead atoms. The van der Waals surface area contributed by atoms with Crippen molar-refractivity contribution in [1.82, 2.24) is 5.43 Å². The lowest BCUT2D eigenvalue weighted by Crippen LogP contribution is -2.36. The molecule has 1 aliphatic rings. The number of hydrogen-bond acceptors (Lipinski definition) is 2. The summed E-state index contributed by atoms with van der Waals surface area (Å²) in [6.07, 6.45) is 1.05. The van der Waals surface area contributed by atoms with Crippen molar-refractivity contribution in [3.05, 3.63) is 30.3 Å². The van der Waals surface area contributed by atoms with Gasteiger partial charge in [0.25, 0.3) is 11.8 Å². The van der Waals surface area contributed by atoms with Crippen LogP contribution in [0.2, 0.25) is 0 Å². The van der Waals surface area contributed by atoms with Crippen molar-refractivity contribution < 1.29 is 9.59 Å². The van der Waals surface area contributed by atoms with Crippen molar-refractivity contribution in [2.45, 2.75) is 26.7 Å². The van der Waals surface area contributed by atoms with E-state index in [0.29, 0.717) is 18.5 Å². The van der Waals surface area contributed by atoms with E-state index >= 15 is 0 Å². The van der Waals surface area contributed by atoms with Gasteiger partial charge in [-0.05, 0) is 25.0 Å². The molecular weight excluding hydrogens is 216 g/mol. The second kappa shape index (κ2) is 4.20. The minimum absolute atomic E-state index is 0.154. The molecule has 1 aromatic rings. The molecule has 17 heavy (non-hydrogen) atoms. The molecule has 0 saturated carbocycles. The van der Waals surface area contributed by atoms with Crippen molar-refractivity contribution in [1.29, 1.82) is 0 Å². The van der Waals surface area contributed by atoms with Gasteiger partial charge in [-0.15, -0.1) is 0 Å². The van der Waals surface area contributed by atoms with Gasteiger partial charge in [0.15, 0.2) is 0 Å². The topological polar surface area (TPSA) is 49.4 Å². The van der Waals surface area contributed by atoms with Crippen molar-refractivity contribution in [3.8, 4) is 0 Å². The molecule has 0 aromatic heterocycles. The Morgan fingerprint density at radius 1 is 1.12 bits per heavy atom. The number of anilines is 1. The first-order chi connectivity index (χ1) is 8.15. The van der Waals surface area contributed by atoms with Crippen molar-refractivity contribution in [2.75, 3.05) is 5.01 Å². The van der Waals surface area contributed by atoms with Gasteiger partial charge >= 0.3 is 0 Å². The van der Waals surface area contributed by atoms with E-state index < -0.39 is 5.41 Å². The standard InChI is InChI=1S/C13H16N2O2/c1-3-13(4-2)11(16)14-15(12(13)17)10-8-6-5-7-9-10/h5-9H,3-4H2,1-2H3,(H,14,16). The first-order valence-electron chi connectivity index (χ1n) is 5.86. The molecular formula is C13H16N2O2. The van der Waals surface area contributed by atoms with Crippen LogP contribution in [0.5, 0.6) is 0 Å². The van der Waals surface area contributed by atoms with Gasteiger partial charge < -0.3 is 0 Å². The van der Waals surface area contributed by atoms with E-state index in [2.05, 4.69) is 5.43 Å². The van der Waals surface area contributed by atoms with Crippen LogP contribution in [0.25, 0.3) is 0 Å². The molecule has 1 aliphatic heterocycles. The first-order valence-corrected chi connectivity index (χ1v) is 5.86. The molecule has 1 fully saturated rings. The van der Waals surface area contributed by atoms with Crippen LogP contribution in [0.3, 0.4) is 0 Å². The smallest absolute Gasteiger partial charge is 0.261 e. The fourth-order valence-electron chi connectivity index (χ4n) is 2.20. The Bertz CT molecular complexity index is 438. The van der Waals surface area contributed by atoms with E-state index in [0.717, 1.165) is 0 Å². The third-order valence-electron chi connectivity index (χ3n) is 3.48. The first kappa shape index (κ1) is 11.6. The van der Waals surface area contributed by atoms with Gasteiger partial charge in [0.1, 0.15) is 5.41 Å². The predicted octanol–water partition coefficient (Wildman–Crippen LogP) is 1.87. The number of hydrazine groups is 1. The summed E-state index contributed by atoms with van der Waals surface area (Å²) in [6, 6.07) is 9.16. The van der Waals surface area contributed by atoms with Crippen molar-refractivity contribution in [2.24, 2.45) is 5.41 Å². The fraction of sp³-hybridized carbons (Fsp3) is 0.385. The largest absolute Gasteiger partial charge is 0.272 e. The minimum atomic E-state index is -0.893. The van der Waals surface area contributed by atoms with Crippen LogP contribution >= 0.6 is 0 Å². The third-order valence-corrected chi connectivity index (χ3v) is 3.48. The molecule has 4 heteroatoms. The second-order valence-electron chi connectivity index (χ2n) is 4.21. The van der Waals surface area contributed by atoms with Crippen molar-refractivity contribution >= 4 is 17.5 Å². The van der Waals surface area contributed by atoms with Crippen LogP contribution in [-0.4, -0.2) is 11.8 Å². The summed E-state index contributed by atoms with van der Waals surface area (Å²) in [5.74, 6) is -0.352.